The molecule has 0 amide bonds. The Morgan fingerprint density at radius 2 is 1.91 bits per heavy atom. The third-order valence-electron chi connectivity index (χ3n) is 4.44. The van der Waals surface area contributed by atoms with Crippen molar-refractivity contribution in [3.05, 3.63) is 58.1 Å². The summed E-state index contributed by atoms with van der Waals surface area (Å²) in [5.41, 5.74) is 4.50. The summed E-state index contributed by atoms with van der Waals surface area (Å²) in [6.07, 6.45) is 3.65. The summed E-state index contributed by atoms with van der Waals surface area (Å²) in [6.45, 7) is 3.78. The number of carbonyl (C=O) groups excluding carboxylic acids is 1. The summed E-state index contributed by atoms with van der Waals surface area (Å²) in [4.78, 5) is 12.5. The Morgan fingerprint density at radius 3 is 2.61 bits per heavy atom. The highest BCUT2D eigenvalue weighted by Crippen LogP contribution is 2.34. The van der Waals surface area contributed by atoms with Crippen molar-refractivity contribution >= 4 is 5.97 Å². The fraction of sp³-hybridized carbons (Fsp3) is 0.368. The first kappa shape index (κ1) is 15.5. The first-order valence-corrected chi connectivity index (χ1v) is 8.15. The van der Waals surface area contributed by atoms with E-state index in [1.807, 2.05) is 30.3 Å². The maximum atomic E-state index is 12.6. The third kappa shape index (κ3) is 2.69. The average molecular weight is 311 g/mol. The van der Waals surface area contributed by atoms with E-state index in [2.05, 4.69) is 0 Å². The molecule has 0 aliphatic heterocycles. The van der Waals surface area contributed by atoms with Crippen molar-refractivity contribution in [2.45, 2.75) is 39.5 Å². The van der Waals surface area contributed by atoms with Crippen LogP contribution in [-0.4, -0.2) is 12.6 Å². The van der Waals surface area contributed by atoms with Crippen molar-refractivity contribution in [3.63, 3.8) is 0 Å². The van der Waals surface area contributed by atoms with Crippen LogP contribution in [-0.2, 0) is 17.6 Å². The lowest BCUT2D eigenvalue weighted by Crippen LogP contribution is -2.40. The molecule has 120 valence electrons. The SMILES string of the molecule is CCOC(=O)c1c(-c2ccccc2)c2c([n+]([O-])c1C)CCCC2. The maximum Gasteiger partial charge on any atom is 0.345 e. The van der Waals surface area contributed by atoms with E-state index in [1.165, 1.54) is 0 Å². The monoisotopic (exact) mass is 311 g/mol. The molecule has 1 aliphatic rings. The van der Waals surface area contributed by atoms with Gasteiger partial charge in [-0.2, -0.15) is 4.73 Å². The van der Waals surface area contributed by atoms with Crippen molar-refractivity contribution in [3.8, 4) is 11.1 Å². The molecule has 3 rings (SSSR count). The van der Waals surface area contributed by atoms with Gasteiger partial charge in [-0.25, -0.2) is 4.79 Å². The first-order chi connectivity index (χ1) is 11.1. The number of rotatable bonds is 3. The largest absolute Gasteiger partial charge is 0.618 e. The van der Waals surface area contributed by atoms with Gasteiger partial charge in [0.15, 0.2) is 5.69 Å². The van der Waals surface area contributed by atoms with Crippen LogP contribution in [0.5, 0.6) is 0 Å². The number of benzene rings is 1. The number of ether oxygens (including phenoxy) is 1. The lowest BCUT2D eigenvalue weighted by Gasteiger charge is -2.23. The molecule has 0 unspecified atom stereocenters. The second-order valence-electron chi connectivity index (χ2n) is 5.85. The van der Waals surface area contributed by atoms with Gasteiger partial charge >= 0.3 is 5.97 Å². The lowest BCUT2D eigenvalue weighted by atomic mass is 9.85. The van der Waals surface area contributed by atoms with Gasteiger partial charge in [-0.05, 0) is 31.7 Å². The highest BCUT2D eigenvalue weighted by atomic mass is 16.5. The van der Waals surface area contributed by atoms with Crippen LogP contribution in [0, 0.1) is 12.1 Å². The molecule has 1 aliphatic carbocycles. The molecule has 0 saturated carbocycles. The van der Waals surface area contributed by atoms with Gasteiger partial charge < -0.3 is 9.94 Å². The molecule has 0 bridgehead atoms. The molecule has 0 atom stereocenters. The van der Waals surface area contributed by atoms with Gasteiger partial charge in [0.2, 0.25) is 5.69 Å². The smallest absolute Gasteiger partial charge is 0.345 e. The van der Waals surface area contributed by atoms with Crippen LogP contribution in [0.15, 0.2) is 30.3 Å². The zero-order valence-electron chi connectivity index (χ0n) is 13.6. The minimum absolute atomic E-state index is 0.294. The van der Waals surface area contributed by atoms with Crippen LogP contribution in [0.4, 0.5) is 0 Å². The molecule has 1 heterocycles. The van der Waals surface area contributed by atoms with Gasteiger partial charge in [0, 0.05) is 24.5 Å². The minimum atomic E-state index is -0.415. The van der Waals surface area contributed by atoms with Crippen molar-refractivity contribution in [2.24, 2.45) is 0 Å². The maximum absolute atomic E-state index is 12.6. The fourth-order valence-electron chi connectivity index (χ4n) is 3.40. The van der Waals surface area contributed by atoms with Crippen LogP contribution in [0.25, 0.3) is 11.1 Å². The van der Waals surface area contributed by atoms with Gasteiger partial charge in [0.25, 0.3) is 0 Å². The van der Waals surface area contributed by atoms with E-state index in [-0.39, 0.29) is 0 Å². The van der Waals surface area contributed by atoms with Crippen LogP contribution in [0.2, 0.25) is 0 Å². The topological polar surface area (TPSA) is 53.2 Å². The summed E-state index contributed by atoms with van der Waals surface area (Å²) in [7, 11) is 0. The Bertz CT molecular complexity index is 738. The van der Waals surface area contributed by atoms with Gasteiger partial charge in [-0.1, -0.05) is 30.3 Å². The standard InChI is InChI=1S/C19H21NO3/c1-3-23-19(21)17-13(2)20(22)16-12-8-7-11-15(16)18(17)14-9-5-4-6-10-14/h4-6,9-10H,3,7-8,11-12H2,1-2H3. The van der Waals surface area contributed by atoms with E-state index in [9.17, 15) is 10.0 Å². The van der Waals surface area contributed by atoms with Gasteiger partial charge in [-0.3, -0.25) is 0 Å². The van der Waals surface area contributed by atoms with E-state index < -0.39 is 5.97 Å². The fourth-order valence-corrected chi connectivity index (χ4v) is 3.40. The van der Waals surface area contributed by atoms with E-state index >= 15 is 0 Å². The van der Waals surface area contributed by atoms with Crippen molar-refractivity contribution in [1.29, 1.82) is 0 Å². The highest BCUT2D eigenvalue weighted by Gasteiger charge is 2.31. The van der Waals surface area contributed by atoms with Crippen molar-refractivity contribution < 1.29 is 14.3 Å². The number of carbonyl (C=O) groups is 1. The predicted octanol–water partition coefficient (Wildman–Crippen LogP) is 3.35. The molecule has 0 spiro atoms. The Kier molecular flexibility index (Phi) is 4.33. The molecule has 0 saturated heterocycles. The summed E-state index contributed by atoms with van der Waals surface area (Å²) in [6, 6.07) is 9.83. The number of esters is 1. The zero-order valence-corrected chi connectivity index (χ0v) is 13.6. The van der Waals surface area contributed by atoms with Gasteiger partial charge in [0.05, 0.1) is 6.61 Å². The normalized spacial score (nSPS) is 13.5. The van der Waals surface area contributed by atoms with Gasteiger partial charge in [-0.15, -0.1) is 0 Å². The molecule has 1 aromatic heterocycles. The van der Waals surface area contributed by atoms with Crippen LogP contribution >= 0.6 is 0 Å². The van der Waals surface area contributed by atoms with E-state index in [0.29, 0.717) is 17.9 Å². The minimum Gasteiger partial charge on any atom is -0.618 e. The molecule has 4 nitrogen and oxygen atoms in total. The lowest BCUT2D eigenvalue weighted by molar-refractivity contribution is -0.621. The number of aromatic nitrogens is 1. The molecule has 23 heavy (non-hydrogen) atoms. The van der Waals surface area contributed by atoms with Crippen LogP contribution < -0.4 is 4.73 Å². The molecule has 2 aromatic rings. The van der Waals surface area contributed by atoms with E-state index in [0.717, 1.165) is 52.8 Å². The Labute approximate surface area is 136 Å². The number of hydrogen-bond acceptors (Lipinski definition) is 3. The number of pyridine rings is 1. The van der Waals surface area contributed by atoms with Crippen molar-refractivity contribution in [1.82, 2.24) is 0 Å². The average Bonchev–Trinajstić information content (AvgIpc) is 2.58. The Hall–Kier alpha value is -2.36. The van der Waals surface area contributed by atoms with E-state index in [1.54, 1.807) is 13.8 Å². The molecule has 0 N–H and O–H groups in total. The quantitative estimate of drug-likeness (QED) is 0.496. The molecular weight excluding hydrogens is 290 g/mol. The number of hydrogen-bond donors (Lipinski definition) is 0. The summed E-state index contributed by atoms with van der Waals surface area (Å²) < 4.78 is 6.16. The summed E-state index contributed by atoms with van der Waals surface area (Å²) in [5, 5.41) is 12.6. The predicted molar refractivity (Wildman–Crippen MR) is 88.2 cm³/mol. The number of fused-ring (bicyclic) bond motifs is 1. The highest BCUT2D eigenvalue weighted by molar-refractivity contribution is 5.99. The number of nitrogens with zero attached hydrogens (tertiary/aromatic N) is 1. The summed E-state index contributed by atoms with van der Waals surface area (Å²) >= 11 is 0. The third-order valence-corrected chi connectivity index (χ3v) is 4.44. The summed E-state index contributed by atoms with van der Waals surface area (Å²) in [5.74, 6) is -0.415. The molecule has 4 heteroatoms. The second-order valence-corrected chi connectivity index (χ2v) is 5.85. The van der Waals surface area contributed by atoms with Crippen LogP contribution in [0.1, 0.15) is 47.1 Å². The van der Waals surface area contributed by atoms with Crippen LogP contribution in [0.3, 0.4) is 0 Å². The Balaban J connectivity index is 2.33. The zero-order chi connectivity index (χ0) is 16.4. The second kappa shape index (κ2) is 6.41. The molecule has 0 radical (unpaired) electrons. The first-order valence-electron chi connectivity index (χ1n) is 8.15. The molecule has 1 aromatic carbocycles. The molecule has 0 fully saturated rings. The van der Waals surface area contributed by atoms with E-state index in [4.69, 9.17) is 4.74 Å². The van der Waals surface area contributed by atoms with Gasteiger partial charge in [0.1, 0.15) is 5.56 Å². The van der Waals surface area contributed by atoms with Crippen molar-refractivity contribution in [2.75, 3.05) is 6.61 Å². The molecular formula is C19H21NO3. The Morgan fingerprint density at radius 1 is 1.22 bits per heavy atom.